The lowest BCUT2D eigenvalue weighted by molar-refractivity contribution is -0.142. The van der Waals surface area contributed by atoms with Gasteiger partial charge >= 0.3 is 5.97 Å². The number of primary amides is 1. The highest BCUT2D eigenvalue weighted by molar-refractivity contribution is 7.98. The van der Waals surface area contributed by atoms with Crippen LogP contribution in [0.25, 0.3) is 0 Å². The number of carbonyl (C=O) groups excluding carboxylic acids is 4. The number of carbonyl (C=O) groups is 5. The second-order valence-electron chi connectivity index (χ2n) is 8.33. The maximum Gasteiger partial charge on any atom is 0.326 e. The molecule has 11 nitrogen and oxygen atoms in total. The molecule has 0 aromatic heterocycles. The van der Waals surface area contributed by atoms with Crippen molar-refractivity contribution in [1.29, 1.82) is 0 Å². The molecule has 0 aliphatic heterocycles. The predicted molar refractivity (Wildman–Crippen MR) is 135 cm³/mol. The third kappa shape index (κ3) is 13.7. The molecule has 4 amide bonds. The highest BCUT2D eigenvalue weighted by Crippen LogP contribution is 2.09. The van der Waals surface area contributed by atoms with Crippen LogP contribution in [0.2, 0.25) is 0 Å². The van der Waals surface area contributed by atoms with Gasteiger partial charge in [-0.3, -0.25) is 19.2 Å². The van der Waals surface area contributed by atoms with Crippen molar-refractivity contribution in [3.63, 3.8) is 0 Å². The van der Waals surface area contributed by atoms with E-state index < -0.39 is 53.8 Å². The smallest absolute Gasteiger partial charge is 0.326 e. The molecule has 0 radical (unpaired) electrons. The van der Waals surface area contributed by atoms with Crippen molar-refractivity contribution in [2.45, 2.75) is 70.1 Å². The van der Waals surface area contributed by atoms with Crippen LogP contribution in [0.5, 0.6) is 0 Å². The lowest BCUT2D eigenvalue weighted by Gasteiger charge is -2.26. The number of aliphatic carboxylic acids is 1. The van der Waals surface area contributed by atoms with E-state index in [0.29, 0.717) is 24.3 Å². The highest BCUT2D eigenvalue weighted by Gasteiger charge is 2.30. The number of amides is 4. The van der Waals surface area contributed by atoms with Gasteiger partial charge in [0.25, 0.3) is 0 Å². The summed E-state index contributed by atoms with van der Waals surface area (Å²) >= 11 is 3.02. The third-order valence-corrected chi connectivity index (χ3v) is 6.14. The highest BCUT2D eigenvalue weighted by atomic mass is 32.2. The summed E-state index contributed by atoms with van der Waals surface area (Å²) in [5.74, 6) is -2.38. The van der Waals surface area contributed by atoms with E-state index >= 15 is 0 Å². The molecule has 0 saturated carbocycles. The number of thioether (sulfide) groups is 2. The zero-order chi connectivity index (χ0) is 26.3. The Morgan fingerprint density at radius 3 is 1.79 bits per heavy atom. The fraction of sp³-hybridized carbons (Fsp3) is 0.762. The monoisotopic (exact) mass is 521 g/mol. The molecule has 0 aliphatic carbocycles. The number of rotatable bonds is 18. The van der Waals surface area contributed by atoms with Crippen molar-refractivity contribution in [1.82, 2.24) is 16.0 Å². The second kappa shape index (κ2) is 17.4. The van der Waals surface area contributed by atoms with Crippen molar-refractivity contribution < 1.29 is 29.1 Å². The number of carboxylic acid groups (broad SMARTS) is 1. The molecule has 0 aromatic carbocycles. The molecule has 0 heterocycles. The maximum absolute atomic E-state index is 13.0. The van der Waals surface area contributed by atoms with E-state index in [9.17, 15) is 29.1 Å². The first kappa shape index (κ1) is 32.0. The van der Waals surface area contributed by atoms with Gasteiger partial charge < -0.3 is 32.5 Å². The zero-order valence-corrected chi connectivity index (χ0v) is 21.9. The molecular weight excluding hydrogens is 482 g/mol. The summed E-state index contributed by atoms with van der Waals surface area (Å²) in [6, 6.07) is -4.00. The van der Waals surface area contributed by atoms with E-state index in [1.807, 2.05) is 26.4 Å². The van der Waals surface area contributed by atoms with Gasteiger partial charge in [0.05, 0.1) is 6.04 Å². The van der Waals surface area contributed by atoms with Crippen molar-refractivity contribution >= 4 is 53.1 Å². The van der Waals surface area contributed by atoms with Crippen LogP contribution in [0.15, 0.2) is 0 Å². The summed E-state index contributed by atoms with van der Waals surface area (Å²) < 4.78 is 0. The largest absolute Gasteiger partial charge is 0.480 e. The average Bonchev–Trinajstić information content (AvgIpc) is 2.75. The molecule has 0 spiro atoms. The first-order valence-corrected chi connectivity index (χ1v) is 13.9. The fourth-order valence-corrected chi connectivity index (χ4v) is 3.91. The van der Waals surface area contributed by atoms with Crippen LogP contribution < -0.4 is 27.4 Å². The molecule has 4 atom stereocenters. The van der Waals surface area contributed by atoms with Gasteiger partial charge in [0, 0.05) is 6.42 Å². The van der Waals surface area contributed by atoms with Crippen molar-refractivity contribution in [3.8, 4) is 0 Å². The SMILES string of the molecule is CSCCC(N)C(=O)NC(CC(C)C)C(=O)NC(CCSC)C(=O)NC(CCC(N)=O)C(=O)O. The standard InChI is InChI=1S/C21H39N5O6S2/c1-12(2)11-16(26-18(28)13(22)7-9-33-3)20(30)24-14(8-10-34-4)19(29)25-15(21(31)32)5-6-17(23)27/h12-16H,5-11,22H2,1-4H3,(H2,23,27)(H,24,30)(H,25,29)(H,26,28)(H,31,32). The number of nitrogens with one attached hydrogen (secondary N) is 3. The van der Waals surface area contributed by atoms with Crippen LogP contribution in [0.1, 0.15) is 46.0 Å². The van der Waals surface area contributed by atoms with Crippen LogP contribution in [-0.4, -0.2) is 82.9 Å². The Bertz CT molecular complexity index is 695. The second-order valence-corrected chi connectivity index (χ2v) is 10.3. The van der Waals surface area contributed by atoms with Gasteiger partial charge in [-0.1, -0.05) is 13.8 Å². The summed E-state index contributed by atoms with van der Waals surface area (Å²) in [6.45, 7) is 3.79. The van der Waals surface area contributed by atoms with E-state index in [4.69, 9.17) is 11.5 Å². The Hall–Kier alpha value is -1.99. The molecule has 0 bridgehead atoms. The van der Waals surface area contributed by atoms with Crippen molar-refractivity contribution in [2.24, 2.45) is 17.4 Å². The average molecular weight is 522 g/mol. The van der Waals surface area contributed by atoms with E-state index in [1.54, 1.807) is 11.8 Å². The number of carboxylic acids is 1. The Labute approximate surface area is 209 Å². The van der Waals surface area contributed by atoms with E-state index in [-0.39, 0.29) is 25.2 Å². The van der Waals surface area contributed by atoms with Gasteiger partial charge in [-0.15, -0.1) is 0 Å². The minimum absolute atomic E-state index is 0.0714. The normalized spacial score (nSPS) is 14.5. The molecular formula is C21H39N5O6S2. The predicted octanol–water partition coefficient (Wildman–Crippen LogP) is -0.329. The number of hydrogen-bond donors (Lipinski definition) is 6. The van der Waals surface area contributed by atoms with E-state index in [0.717, 1.165) is 0 Å². The molecule has 0 fully saturated rings. The molecule has 0 aromatic rings. The molecule has 34 heavy (non-hydrogen) atoms. The minimum Gasteiger partial charge on any atom is -0.480 e. The molecule has 4 unspecified atom stereocenters. The molecule has 0 rings (SSSR count). The van der Waals surface area contributed by atoms with Crippen LogP contribution in [0.4, 0.5) is 0 Å². The van der Waals surface area contributed by atoms with Crippen LogP contribution >= 0.6 is 23.5 Å². The molecule has 8 N–H and O–H groups in total. The quantitative estimate of drug-likeness (QED) is 0.140. The third-order valence-electron chi connectivity index (χ3n) is 4.85. The van der Waals surface area contributed by atoms with Gasteiger partial charge in [0.2, 0.25) is 23.6 Å². The summed E-state index contributed by atoms with van der Waals surface area (Å²) in [4.78, 5) is 60.8. The summed E-state index contributed by atoms with van der Waals surface area (Å²) in [5, 5.41) is 17.1. The van der Waals surface area contributed by atoms with Crippen LogP contribution in [0.3, 0.4) is 0 Å². The fourth-order valence-electron chi connectivity index (χ4n) is 2.95. The molecule has 196 valence electrons. The summed E-state index contributed by atoms with van der Waals surface area (Å²) in [7, 11) is 0. The van der Waals surface area contributed by atoms with E-state index in [2.05, 4.69) is 16.0 Å². The lowest BCUT2D eigenvalue weighted by Crippen LogP contribution is -2.57. The van der Waals surface area contributed by atoms with E-state index in [1.165, 1.54) is 11.8 Å². The Kier molecular flexibility index (Phi) is 16.4. The van der Waals surface area contributed by atoms with Gasteiger partial charge in [-0.2, -0.15) is 23.5 Å². The maximum atomic E-state index is 13.0. The van der Waals surface area contributed by atoms with Crippen molar-refractivity contribution in [2.75, 3.05) is 24.0 Å². The van der Waals surface area contributed by atoms with Gasteiger partial charge in [-0.25, -0.2) is 4.79 Å². The summed E-state index contributed by atoms with van der Waals surface area (Å²) in [5.41, 5.74) is 11.0. The number of hydrogen-bond acceptors (Lipinski definition) is 8. The Morgan fingerprint density at radius 1 is 0.794 bits per heavy atom. The Balaban J connectivity index is 5.42. The summed E-state index contributed by atoms with van der Waals surface area (Å²) in [6.07, 6.45) is 4.40. The van der Waals surface area contributed by atoms with Gasteiger partial charge in [-0.05, 0) is 55.6 Å². The Morgan fingerprint density at radius 2 is 1.29 bits per heavy atom. The molecule has 0 saturated heterocycles. The topological polar surface area (TPSA) is 194 Å². The lowest BCUT2D eigenvalue weighted by atomic mass is 10.0. The van der Waals surface area contributed by atoms with Gasteiger partial charge in [0.15, 0.2) is 0 Å². The molecule has 0 aliphatic rings. The first-order chi connectivity index (χ1) is 15.9. The van der Waals surface area contributed by atoms with Gasteiger partial charge in [0.1, 0.15) is 18.1 Å². The van der Waals surface area contributed by atoms with Crippen LogP contribution in [-0.2, 0) is 24.0 Å². The first-order valence-electron chi connectivity index (χ1n) is 11.1. The molecule has 13 heteroatoms. The zero-order valence-electron chi connectivity index (χ0n) is 20.3. The van der Waals surface area contributed by atoms with Crippen LogP contribution in [0, 0.1) is 5.92 Å². The minimum atomic E-state index is -1.32. The van der Waals surface area contributed by atoms with Crippen molar-refractivity contribution in [3.05, 3.63) is 0 Å². The number of nitrogens with two attached hydrogens (primary N) is 2.